The summed E-state index contributed by atoms with van der Waals surface area (Å²) in [6, 6.07) is 51.8. The molecule has 0 saturated carbocycles. The fourth-order valence-corrected chi connectivity index (χ4v) is 28.0. The maximum absolute atomic E-state index is 13.0. The molecule has 0 fully saturated rings. The first-order valence-electron chi connectivity index (χ1n) is 48.9. The summed E-state index contributed by atoms with van der Waals surface area (Å²) in [5.41, 5.74) is 28.6. The lowest BCUT2D eigenvalue weighted by atomic mass is 9.91. The lowest BCUT2D eigenvalue weighted by Crippen LogP contribution is -2.13. The molecule has 144 heavy (non-hydrogen) atoms. The molecule has 5 aliphatic rings. The number of hydrogen-bond donors (Lipinski definition) is 3. The van der Waals surface area contributed by atoms with Gasteiger partial charge in [-0.25, -0.2) is 23.4 Å². The molecule has 11 aromatic heterocycles. The second kappa shape index (κ2) is 42.1. The first kappa shape index (κ1) is 98.4. The summed E-state index contributed by atoms with van der Waals surface area (Å²) >= 11 is 31.9. The van der Waals surface area contributed by atoms with Crippen molar-refractivity contribution in [3.8, 4) is 50.6 Å². The third kappa shape index (κ3) is 19.3. The van der Waals surface area contributed by atoms with Gasteiger partial charge in [0.2, 0.25) is 0 Å². The number of ether oxygens (including phenoxy) is 3. The number of carboxylic acids is 3. The molecule has 24 bridgehead atoms. The van der Waals surface area contributed by atoms with Crippen molar-refractivity contribution in [3.63, 3.8) is 0 Å². The van der Waals surface area contributed by atoms with Crippen LogP contribution in [0.25, 0.3) is 87.9 Å². The van der Waals surface area contributed by atoms with Gasteiger partial charge in [-0.3, -0.25) is 18.7 Å². The number of aromatic carboxylic acids is 3. The summed E-state index contributed by atoms with van der Waals surface area (Å²) in [6.07, 6.45) is 16.5. The zero-order valence-corrected chi connectivity index (χ0v) is 88.8. The SMILES string of the molecule is Cc1c2c(nn1C)CSCc1cc(n(C)n1)CSc1cc(c3ccccc3c1)OCCCc1c(C(=O)O)n(C(C)C)c3c-2c(Cl)ccc13.Cn1nc2cc1CSc1cc3c(c(c1)OCCCc1c(C(=O)O)n(C)c4c(c(Cl)ccc14)-c1c(nn4ccccc14)CSC2)CCCC3.Cn1nc2cc1CSc1cc3c(c(c1)OCCCc1c(C(=O)O)n(C)c4c(c(Cl)ccc14)-c1c(nn4ccccc14)CSC2)CCCC3. The first-order valence-corrected chi connectivity index (χ1v) is 56.4. The third-order valence-corrected chi connectivity index (χ3v) is 35.2. The van der Waals surface area contributed by atoms with Crippen molar-refractivity contribution < 1.29 is 43.9 Å². The van der Waals surface area contributed by atoms with E-state index in [0.29, 0.717) is 96.4 Å². The number of pyridine rings is 2. The molecule has 0 radical (unpaired) electrons. The minimum atomic E-state index is -0.953. The van der Waals surface area contributed by atoms with Crippen LogP contribution in [-0.4, -0.2) is 125 Å². The maximum atomic E-state index is 13.0. The number of aromatic nitrogens is 15. The van der Waals surface area contributed by atoms with Crippen LogP contribution < -0.4 is 14.2 Å². The number of thioether (sulfide) groups is 6. The molecule has 7 aromatic carbocycles. The molecule has 3 aliphatic heterocycles. The number of rotatable bonds is 4. The smallest absolute Gasteiger partial charge is 0.352 e. The molecule has 24 nitrogen and oxygen atoms in total. The molecule has 0 unspecified atom stereocenters. The van der Waals surface area contributed by atoms with Gasteiger partial charge in [0, 0.05) is 205 Å². The zero-order chi connectivity index (χ0) is 99.6. The topological polar surface area (TPSA) is 260 Å². The molecule has 0 atom stereocenters. The Balaban J connectivity index is 0.000000127. The molecule has 33 heteroatoms. The van der Waals surface area contributed by atoms with E-state index in [1.807, 2.05) is 216 Å². The van der Waals surface area contributed by atoms with Crippen molar-refractivity contribution in [2.45, 2.75) is 183 Å². The fourth-order valence-electron chi connectivity index (χ4n) is 21.7. The monoisotopic (exact) mass is 2090 g/mol. The predicted molar refractivity (Wildman–Crippen MR) is 584 cm³/mol. The second-order valence-electron chi connectivity index (χ2n) is 37.8. The predicted octanol–water partition coefficient (Wildman–Crippen LogP) is 26.2. The Morgan fingerprint density at radius 3 is 1.19 bits per heavy atom. The van der Waals surface area contributed by atoms with Crippen molar-refractivity contribution in [1.29, 1.82) is 0 Å². The Labute approximate surface area is 874 Å². The zero-order valence-electron chi connectivity index (χ0n) is 81.6. The average Bonchev–Trinajstić information content (AvgIpc) is 1.55. The number of fused-ring (bicyclic) bond motifs is 28. The van der Waals surface area contributed by atoms with Gasteiger partial charge in [0.1, 0.15) is 34.3 Å². The van der Waals surface area contributed by atoms with E-state index in [1.165, 1.54) is 69.1 Å². The Morgan fingerprint density at radius 1 is 0.361 bits per heavy atom. The number of benzene rings is 7. The highest BCUT2D eigenvalue weighted by Gasteiger charge is 2.35. The minimum Gasteiger partial charge on any atom is -0.493 e. The summed E-state index contributed by atoms with van der Waals surface area (Å²) in [5, 5.41) is 67.7. The van der Waals surface area contributed by atoms with Crippen molar-refractivity contribution in [3.05, 3.63) is 292 Å². The van der Waals surface area contributed by atoms with E-state index in [9.17, 15) is 29.7 Å². The summed E-state index contributed by atoms with van der Waals surface area (Å²) < 4.78 is 36.8. The number of halogens is 3. The highest BCUT2D eigenvalue weighted by Crippen LogP contribution is 2.50. The van der Waals surface area contributed by atoms with Gasteiger partial charge >= 0.3 is 17.9 Å². The third-order valence-electron chi connectivity index (χ3n) is 28.3. The van der Waals surface area contributed by atoms with Crippen molar-refractivity contribution in [2.75, 3.05) is 19.8 Å². The molecule has 14 heterocycles. The maximum Gasteiger partial charge on any atom is 0.352 e. The molecule has 23 rings (SSSR count). The molecule has 0 amide bonds. The molecular formula is C111H110Cl3N15O9S6. The van der Waals surface area contributed by atoms with Crippen LogP contribution in [-0.2, 0) is 139 Å². The molecule has 0 spiro atoms. The largest absolute Gasteiger partial charge is 0.493 e. The quantitative estimate of drug-likeness (QED) is 0.148. The number of carboxylic acid groups (broad SMARTS) is 3. The number of aryl methyl sites for hydroxylation is 11. The lowest BCUT2D eigenvalue weighted by Gasteiger charge is -2.21. The van der Waals surface area contributed by atoms with E-state index >= 15 is 0 Å². The standard InChI is InChI=1S/2C37H36ClN5O3S2.C37H38ClN5O3S2/c2*1-41-35-28-12-13-29(38)33(35)34-30(40-43-14-6-5-11-31(34)43)21-47-19-23-17-24(42(2)39-23)20-48-25-16-22-8-3-4-9-26(22)32(18-25)46-15-7-10-27(28)36(41)37(44)45;1-21(2)43-35-29-12-13-30(38)34(35)33-22(3)41(4)40-31(33)20-47-18-24-16-25(42(5)39-24)19-48-26-15-23-9-6-7-10-27(23)32(17-26)46-14-8-11-28(29)36(43)37(44)45/h2*5-6,11-14,16-18H,3-4,7-10,15,19-21H2,1-2H3,(H,44,45);6-7,9-10,12-13,15-17,21H,8,11,14,18-20H2,1-5H3,(H,44,45). The highest BCUT2D eigenvalue weighted by atomic mass is 35.5. The lowest BCUT2D eigenvalue weighted by molar-refractivity contribution is 0.0673. The van der Waals surface area contributed by atoms with E-state index in [1.54, 1.807) is 56.2 Å². The van der Waals surface area contributed by atoms with Crippen LogP contribution in [0.4, 0.5) is 0 Å². The number of carbonyl (C=O) groups is 3. The van der Waals surface area contributed by atoms with Crippen molar-refractivity contribution >= 4 is 178 Å². The van der Waals surface area contributed by atoms with Crippen LogP contribution in [0.15, 0.2) is 179 Å². The first-order chi connectivity index (χ1) is 69.9. The Bertz CT molecular complexity index is 7800. The van der Waals surface area contributed by atoms with E-state index in [0.717, 1.165) is 232 Å². The molecule has 2 aliphatic carbocycles. The van der Waals surface area contributed by atoms with Crippen LogP contribution in [0.3, 0.4) is 0 Å². The van der Waals surface area contributed by atoms with Gasteiger partial charge in [-0.05, 0) is 252 Å². The van der Waals surface area contributed by atoms with Gasteiger partial charge in [0.05, 0.1) is 96.6 Å². The van der Waals surface area contributed by atoms with E-state index < -0.39 is 17.9 Å². The Morgan fingerprint density at radius 2 is 0.743 bits per heavy atom. The Hall–Kier alpha value is -11.6. The molecule has 0 saturated heterocycles. The van der Waals surface area contributed by atoms with Crippen LogP contribution in [0.1, 0.15) is 192 Å². The molecular weight excluding hydrogens is 1990 g/mol. The second-order valence-corrected chi connectivity index (χ2v) is 45.1. The molecule has 740 valence electrons. The van der Waals surface area contributed by atoms with Crippen LogP contribution in [0, 0.1) is 6.92 Å². The van der Waals surface area contributed by atoms with Gasteiger partial charge in [0.15, 0.2) is 0 Å². The highest BCUT2D eigenvalue weighted by molar-refractivity contribution is 7.99. The van der Waals surface area contributed by atoms with E-state index in [-0.39, 0.29) is 17.4 Å². The van der Waals surface area contributed by atoms with Crippen molar-refractivity contribution in [1.82, 2.24) is 72.1 Å². The van der Waals surface area contributed by atoms with Gasteiger partial charge in [0.25, 0.3) is 0 Å². The fraction of sp³-hybridized carbons (Fsp3) is 0.324. The van der Waals surface area contributed by atoms with Gasteiger partial charge in [-0.2, -0.15) is 30.6 Å². The summed E-state index contributed by atoms with van der Waals surface area (Å²) in [5.74, 6) is 6.47. The van der Waals surface area contributed by atoms with Gasteiger partial charge in [-0.1, -0.05) is 89.4 Å². The van der Waals surface area contributed by atoms with Crippen LogP contribution in [0.2, 0.25) is 15.1 Å². The molecule has 18 aromatic rings. The van der Waals surface area contributed by atoms with Gasteiger partial charge < -0.3 is 43.2 Å². The minimum absolute atomic E-state index is 0.119. The van der Waals surface area contributed by atoms with Crippen LogP contribution >= 0.6 is 105 Å². The van der Waals surface area contributed by atoms with E-state index in [4.69, 9.17) is 79.6 Å². The number of hydrogen-bond acceptors (Lipinski definition) is 18. The average molecular weight is 2100 g/mol. The number of nitrogens with zero attached hydrogens (tertiary/aromatic N) is 15. The normalized spacial score (nSPS) is 15.1. The summed E-state index contributed by atoms with van der Waals surface area (Å²) in [6.45, 7) is 7.54. The van der Waals surface area contributed by atoms with Gasteiger partial charge in [-0.15, -0.1) is 70.6 Å². The Kier molecular flexibility index (Phi) is 28.8. The van der Waals surface area contributed by atoms with E-state index in [2.05, 4.69) is 66.7 Å². The summed E-state index contributed by atoms with van der Waals surface area (Å²) in [4.78, 5) is 42.2. The molecule has 3 N–H and O–H groups in total. The van der Waals surface area contributed by atoms with Crippen molar-refractivity contribution in [2.24, 2.45) is 42.3 Å². The summed E-state index contributed by atoms with van der Waals surface area (Å²) in [7, 11) is 11.7. The van der Waals surface area contributed by atoms with Crippen LogP contribution in [0.5, 0.6) is 17.2 Å².